The van der Waals surface area contributed by atoms with E-state index in [9.17, 15) is 4.79 Å². The van der Waals surface area contributed by atoms with Crippen LogP contribution in [0.2, 0.25) is 0 Å². The minimum atomic E-state index is -0.0150. The van der Waals surface area contributed by atoms with Crippen molar-refractivity contribution >= 4 is 11.6 Å². The molecule has 5 heteroatoms. The van der Waals surface area contributed by atoms with Gasteiger partial charge in [-0.15, -0.1) is 0 Å². The molecule has 0 aliphatic carbocycles. The van der Waals surface area contributed by atoms with Crippen LogP contribution in [0.25, 0.3) is 0 Å². The first kappa shape index (κ1) is 13.7. The van der Waals surface area contributed by atoms with Crippen molar-refractivity contribution in [1.82, 2.24) is 4.90 Å². The Morgan fingerprint density at radius 1 is 1.47 bits per heavy atom. The molecule has 1 aliphatic heterocycles. The zero-order valence-electron chi connectivity index (χ0n) is 11.4. The number of likely N-dealkylation sites (tertiary alicyclic amines) is 1. The Bertz CT molecular complexity index is 462. The topological polar surface area (TPSA) is 64.8 Å². The monoisotopic (exact) mass is 264 g/mol. The van der Waals surface area contributed by atoms with Gasteiger partial charge in [-0.3, -0.25) is 4.79 Å². The number of hydrogen-bond donors (Lipinski definition) is 1. The normalized spacial score (nSPS) is 18.6. The fourth-order valence-electron chi connectivity index (χ4n) is 2.42. The maximum atomic E-state index is 12.4. The number of ether oxygens (including phenoxy) is 2. The van der Waals surface area contributed by atoms with Crippen molar-refractivity contribution in [1.29, 1.82) is 0 Å². The van der Waals surface area contributed by atoms with Crippen LogP contribution in [0.1, 0.15) is 16.8 Å². The van der Waals surface area contributed by atoms with Crippen molar-refractivity contribution in [2.45, 2.75) is 6.42 Å². The largest absolute Gasteiger partial charge is 0.497 e. The second-order valence-electron chi connectivity index (χ2n) is 4.81. The van der Waals surface area contributed by atoms with E-state index in [0.717, 1.165) is 19.5 Å². The summed E-state index contributed by atoms with van der Waals surface area (Å²) >= 11 is 0. The average Bonchev–Trinajstić information content (AvgIpc) is 2.87. The Hall–Kier alpha value is -1.75. The number of benzene rings is 1. The molecule has 5 nitrogen and oxygen atoms in total. The van der Waals surface area contributed by atoms with Crippen LogP contribution in [-0.2, 0) is 4.74 Å². The van der Waals surface area contributed by atoms with Gasteiger partial charge in [-0.1, -0.05) is 0 Å². The lowest BCUT2D eigenvalue weighted by Crippen LogP contribution is -2.29. The second kappa shape index (κ2) is 5.93. The maximum Gasteiger partial charge on any atom is 0.255 e. The smallest absolute Gasteiger partial charge is 0.255 e. The molecular weight excluding hydrogens is 244 g/mol. The van der Waals surface area contributed by atoms with Crippen molar-refractivity contribution in [2.75, 3.05) is 39.6 Å². The van der Waals surface area contributed by atoms with E-state index in [1.807, 2.05) is 4.90 Å². The second-order valence-corrected chi connectivity index (χ2v) is 4.81. The van der Waals surface area contributed by atoms with E-state index in [1.54, 1.807) is 32.4 Å². The summed E-state index contributed by atoms with van der Waals surface area (Å²) < 4.78 is 10.2. The SMILES string of the molecule is COCC1CCN(C(=O)c2ccc(OC)cc2N)C1. The minimum Gasteiger partial charge on any atom is -0.497 e. The van der Waals surface area contributed by atoms with Crippen LogP contribution < -0.4 is 10.5 Å². The molecule has 0 spiro atoms. The van der Waals surface area contributed by atoms with Gasteiger partial charge in [0.2, 0.25) is 0 Å². The molecular formula is C14H20N2O3. The summed E-state index contributed by atoms with van der Waals surface area (Å²) in [6.45, 7) is 2.19. The van der Waals surface area contributed by atoms with Gasteiger partial charge in [0.1, 0.15) is 5.75 Å². The van der Waals surface area contributed by atoms with E-state index < -0.39 is 0 Å². The molecule has 1 aliphatic rings. The molecule has 0 bridgehead atoms. The van der Waals surface area contributed by atoms with E-state index in [-0.39, 0.29) is 5.91 Å². The highest BCUT2D eigenvalue weighted by molar-refractivity contribution is 5.99. The summed E-state index contributed by atoms with van der Waals surface area (Å²) in [7, 11) is 3.26. The van der Waals surface area contributed by atoms with Gasteiger partial charge < -0.3 is 20.1 Å². The third kappa shape index (κ3) is 2.98. The van der Waals surface area contributed by atoms with E-state index in [2.05, 4.69) is 0 Å². The number of anilines is 1. The Kier molecular flexibility index (Phi) is 4.27. The van der Waals surface area contributed by atoms with Gasteiger partial charge in [0.15, 0.2) is 0 Å². The summed E-state index contributed by atoms with van der Waals surface area (Å²) in [6, 6.07) is 5.16. The zero-order chi connectivity index (χ0) is 13.8. The Balaban J connectivity index is 2.08. The van der Waals surface area contributed by atoms with Gasteiger partial charge in [0, 0.05) is 37.9 Å². The van der Waals surface area contributed by atoms with Gasteiger partial charge in [-0.05, 0) is 18.6 Å². The zero-order valence-corrected chi connectivity index (χ0v) is 11.4. The highest BCUT2D eigenvalue weighted by atomic mass is 16.5. The van der Waals surface area contributed by atoms with Gasteiger partial charge in [0.25, 0.3) is 5.91 Å². The number of carbonyl (C=O) groups is 1. The molecule has 1 atom stereocenters. The fourth-order valence-corrected chi connectivity index (χ4v) is 2.42. The Morgan fingerprint density at radius 3 is 2.89 bits per heavy atom. The van der Waals surface area contributed by atoms with Crippen molar-refractivity contribution < 1.29 is 14.3 Å². The molecule has 104 valence electrons. The highest BCUT2D eigenvalue weighted by Crippen LogP contribution is 2.24. The first-order valence-electron chi connectivity index (χ1n) is 6.37. The maximum absolute atomic E-state index is 12.4. The third-order valence-corrected chi connectivity index (χ3v) is 3.46. The van der Waals surface area contributed by atoms with Crippen LogP contribution in [0.5, 0.6) is 5.75 Å². The molecule has 1 heterocycles. The Morgan fingerprint density at radius 2 is 2.26 bits per heavy atom. The molecule has 1 aromatic carbocycles. The summed E-state index contributed by atoms with van der Waals surface area (Å²) in [6.07, 6.45) is 0.982. The van der Waals surface area contributed by atoms with Gasteiger partial charge >= 0.3 is 0 Å². The first-order chi connectivity index (χ1) is 9.15. The van der Waals surface area contributed by atoms with Crippen molar-refractivity contribution in [2.24, 2.45) is 5.92 Å². The lowest BCUT2D eigenvalue weighted by molar-refractivity contribution is 0.0776. The van der Waals surface area contributed by atoms with Crippen LogP contribution in [-0.4, -0.2) is 44.7 Å². The number of hydrogen-bond acceptors (Lipinski definition) is 4. The van der Waals surface area contributed by atoms with Crippen LogP contribution in [0.4, 0.5) is 5.69 Å². The van der Waals surface area contributed by atoms with Crippen LogP contribution >= 0.6 is 0 Å². The summed E-state index contributed by atoms with van der Waals surface area (Å²) in [4.78, 5) is 14.2. The van der Waals surface area contributed by atoms with E-state index in [0.29, 0.717) is 29.5 Å². The van der Waals surface area contributed by atoms with E-state index in [1.165, 1.54) is 0 Å². The third-order valence-electron chi connectivity index (χ3n) is 3.46. The molecule has 1 aromatic rings. The molecule has 2 rings (SSSR count). The standard InChI is InChI=1S/C14H20N2O3/c1-18-9-10-5-6-16(8-10)14(17)12-4-3-11(19-2)7-13(12)15/h3-4,7,10H,5-6,8-9,15H2,1-2H3. The average molecular weight is 264 g/mol. The van der Waals surface area contributed by atoms with Gasteiger partial charge in [0.05, 0.1) is 19.3 Å². The molecule has 1 unspecified atom stereocenters. The molecule has 1 fully saturated rings. The number of nitrogen functional groups attached to an aromatic ring is 1. The molecule has 19 heavy (non-hydrogen) atoms. The first-order valence-corrected chi connectivity index (χ1v) is 6.37. The van der Waals surface area contributed by atoms with E-state index in [4.69, 9.17) is 15.2 Å². The minimum absolute atomic E-state index is 0.0150. The van der Waals surface area contributed by atoms with Crippen molar-refractivity contribution in [3.05, 3.63) is 23.8 Å². The lowest BCUT2D eigenvalue weighted by Gasteiger charge is -2.18. The molecule has 2 N–H and O–H groups in total. The fraction of sp³-hybridized carbons (Fsp3) is 0.500. The van der Waals surface area contributed by atoms with E-state index >= 15 is 0 Å². The van der Waals surface area contributed by atoms with Gasteiger partial charge in [-0.2, -0.15) is 0 Å². The number of carbonyl (C=O) groups excluding carboxylic acids is 1. The van der Waals surface area contributed by atoms with Crippen LogP contribution in [0, 0.1) is 5.92 Å². The van der Waals surface area contributed by atoms with Crippen LogP contribution in [0.3, 0.4) is 0 Å². The van der Waals surface area contributed by atoms with Crippen LogP contribution in [0.15, 0.2) is 18.2 Å². The summed E-state index contributed by atoms with van der Waals surface area (Å²) in [5.41, 5.74) is 6.91. The predicted molar refractivity (Wildman–Crippen MR) is 73.3 cm³/mol. The predicted octanol–water partition coefficient (Wildman–Crippen LogP) is 1.39. The highest BCUT2D eigenvalue weighted by Gasteiger charge is 2.27. The van der Waals surface area contributed by atoms with Crippen molar-refractivity contribution in [3.63, 3.8) is 0 Å². The number of amides is 1. The number of rotatable bonds is 4. The number of nitrogens with two attached hydrogens (primary N) is 1. The molecule has 0 saturated carbocycles. The van der Waals surface area contributed by atoms with Gasteiger partial charge in [-0.25, -0.2) is 0 Å². The molecule has 0 aromatic heterocycles. The number of methoxy groups -OCH3 is 2. The summed E-state index contributed by atoms with van der Waals surface area (Å²) in [5, 5.41) is 0. The molecule has 1 saturated heterocycles. The molecule has 1 amide bonds. The lowest BCUT2D eigenvalue weighted by atomic mass is 10.1. The summed E-state index contributed by atoms with van der Waals surface area (Å²) in [5.74, 6) is 1.07. The quantitative estimate of drug-likeness (QED) is 0.835. The Labute approximate surface area is 113 Å². The molecule has 0 radical (unpaired) electrons. The number of nitrogens with zero attached hydrogens (tertiary/aromatic N) is 1. The van der Waals surface area contributed by atoms with Crippen molar-refractivity contribution in [3.8, 4) is 5.75 Å².